The molecule has 0 unspecified atom stereocenters. The number of H-pyrrole nitrogens is 3. The minimum atomic E-state index is 0.631. The molecule has 0 atom stereocenters. The molecule has 0 aliphatic carbocycles. The van der Waals surface area contributed by atoms with Gasteiger partial charge in [-0.05, 0) is 30.3 Å². The van der Waals surface area contributed by atoms with Gasteiger partial charge in [0.05, 0.1) is 28.6 Å². The SMILES string of the molecule is c1cc(-c2nccc3[nH]c(-c4n[nH]c5ccc(-c6cn[nH]c6)nc45)nc23)ccn1. The molecule has 0 saturated carbocycles. The molecule has 6 heterocycles. The number of hydrogen-bond donors (Lipinski definition) is 3. The van der Waals surface area contributed by atoms with E-state index in [1.165, 1.54) is 0 Å². The van der Waals surface area contributed by atoms with Crippen LogP contribution in [0.5, 0.6) is 0 Å². The summed E-state index contributed by atoms with van der Waals surface area (Å²) in [5.41, 5.74) is 7.34. The summed E-state index contributed by atoms with van der Waals surface area (Å²) in [6, 6.07) is 9.61. The monoisotopic (exact) mass is 379 g/mol. The highest BCUT2D eigenvalue weighted by Crippen LogP contribution is 2.30. The van der Waals surface area contributed by atoms with Crippen LogP contribution in [-0.4, -0.2) is 45.3 Å². The number of imidazole rings is 1. The average Bonchev–Trinajstić information content (AvgIpc) is 3.52. The van der Waals surface area contributed by atoms with E-state index in [2.05, 4.69) is 35.3 Å². The number of hydrogen-bond acceptors (Lipinski definition) is 6. The fraction of sp³-hybridized carbons (Fsp3) is 0. The molecule has 9 nitrogen and oxygen atoms in total. The van der Waals surface area contributed by atoms with Crippen molar-refractivity contribution in [3.63, 3.8) is 0 Å². The maximum Gasteiger partial charge on any atom is 0.161 e. The summed E-state index contributed by atoms with van der Waals surface area (Å²) in [5.74, 6) is 0.631. The van der Waals surface area contributed by atoms with Crippen molar-refractivity contribution >= 4 is 22.1 Å². The van der Waals surface area contributed by atoms with E-state index in [1.807, 2.05) is 36.5 Å². The largest absolute Gasteiger partial charge is 0.336 e. The molecule has 0 aliphatic heterocycles. The fourth-order valence-electron chi connectivity index (χ4n) is 3.38. The molecule has 0 saturated heterocycles. The van der Waals surface area contributed by atoms with Crippen LogP contribution in [0, 0.1) is 0 Å². The molecule has 0 fully saturated rings. The van der Waals surface area contributed by atoms with E-state index in [9.17, 15) is 0 Å². The van der Waals surface area contributed by atoms with Gasteiger partial charge in [-0.1, -0.05) is 0 Å². The third-order valence-electron chi connectivity index (χ3n) is 4.78. The van der Waals surface area contributed by atoms with Crippen LogP contribution < -0.4 is 0 Å². The van der Waals surface area contributed by atoms with Gasteiger partial charge in [0.1, 0.15) is 11.0 Å². The van der Waals surface area contributed by atoms with Crippen molar-refractivity contribution in [2.24, 2.45) is 0 Å². The summed E-state index contributed by atoms with van der Waals surface area (Å²) in [6.45, 7) is 0. The van der Waals surface area contributed by atoms with Crippen molar-refractivity contribution in [1.29, 1.82) is 0 Å². The fourth-order valence-corrected chi connectivity index (χ4v) is 3.38. The zero-order valence-corrected chi connectivity index (χ0v) is 15.0. The van der Waals surface area contributed by atoms with Crippen LogP contribution in [0.2, 0.25) is 0 Å². The Morgan fingerprint density at radius 1 is 0.759 bits per heavy atom. The van der Waals surface area contributed by atoms with Crippen molar-refractivity contribution in [2.45, 2.75) is 0 Å². The molecular formula is C20H13N9. The first kappa shape index (κ1) is 15.6. The number of fused-ring (bicyclic) bond motifs is 2. The van der Waals surface area contributed by atoms with Crippen LogP contribution in [0.3, 0.4) is 0 Å². The van der Waals surface area contributed by atoms with Gasteiger partial charge in [-0.15, -0.1) is 0 Å². The molecule has 138 valence electrons. The molecule has 0 aliphatic rings. The Labute approximate surface area is 163 Å². The van der Waals surface area contributed by atoms with Gasteiger partial charge in [0.2, 0.25) is 0 Å². The zero-order chi connectivity index (χ0) is 19.2. The highest BCUT2D eigenvalue weighted by molar-refractivity contribution is 5.94. The number of pyridine rings is 3. The van der Waals surface area contributed by atoms with Crippen LogP contribution in [0.4, 0.5) is 0 Å². The molecule has 0 amide bonds. The first-order chi connectivity index (χ1) is 14.4. The zero-order valence-electron chi connectivity index (χ0n) is 15.0. The third kappa shape index (κ3) is 2.48. The lowest BCUT2D eigenvalue weighted by atomic mass is 10.1. The summed E-state index contributed by atoms with van der Waals surface area (Å²) in [7, 11) is 0. The Bertz CT molecular complexity index is 1450. The number of rotatable bonds is 3. The minimum Gasteiger partial charge on any atom is -0.336 e. The van der Waals surface area contributed by atoms with Crippen LogP contribution >= 0.6 is 0 Å². The maximum absolute atomic E-state index is 4.79. The van der Waals surface area contributed by atoms with Crippen LogP contribution in [0.15, 0.2) is 61.3 Å². The van der Waals surface area contributed by atoms with Gasteiger partial charge < -0.3 is 4.98 Å². The predicted octanol–water partition coefficient (Wildman–Crippen LogP) is 3.35. The Morgan fingerprint density at radius 3 is 2.52 bits per heavy atom. The van der Waals surface area contributed by atoms with Gasteiger partial charge in [-0.3, -0.25) is 20.2 Å². The van der Waals surface area contributed by atoms with Gasteiger partial charge in [-0.25, -0.2) is 9.97 Å². The van der Waals surface area contributed by atoms with Crippen molar-refractivity contribution in [1.82, 2.24) is 45.3 Å². The molecular weight excluding hydrogens is 366 g/mol. The lowest BCUT2D eigenvalue weighted by molar-refractivity contribution is 1.09. The minimum absolute atomic E-state index is 0.631. The van der Waals surface area contributed by atoms with Gasteiger partial charge in [0.25, 0.3) is 0 Å². The van der Waals surface area contributed by atoms with E-state index in [0.717, 1.165) is 44.6 Å². The Kier molecular flexibility index (Phi) is 3.27. The summed E-state index contributed by atoms with van der Waals surface area (Å²) in [4.78, 5) is 21.5. The summed E-state index contributed by atoms with van der Waals surface area (Å²) in [5, 5.41) is 14.3. The first-order valence-corrected chi connectivity index (χ1v) is 8.96. The van der Waals surface area contributed by atoms with Gasteiger partial charge >= 0.3 is 0 Å². The second-order valence-corrected chi connectivity index (χ2v) is 6.53. The Hall–Kier alpha value is -4.40. The average molecular weight is 379 g/mol. The highest BCUT2D eigenvalue weighted by Gasteiger charge is 2.17. The number of nitrogens with one attached hydrogen (secondary N) is 3. The summed E-state index contributed by atoms with van der Waals surface area (Å²) in [6.07, 6.45) is 8.79. The molecule has 0 spiro atoms. The van der Waals surface area contributed by atoms with Gasteiger partial charge in [0.15, 0.2) is 11.5 Å². The molecule has 6 aromatic rings. The van der Waals surface area contributed by atoms with Crippen LogP contribution in [0.25, 0.3) is 56.1 Å². The van der Waals surface area contributed by atoms with Crippen LogP contribution in [0.1, 0.15) is 0 Å². The molecule has 29 heavy (non-hydrogen) atoms. The molecule has 0 aromatic carbocycles. The third-order valence-corrected chi connectivity index (χ3v) is 4.78. The van der Waals surface area contributed by atoms with E-state index in [4.69, 9.17) is 9.97 Å². The van der Waals surface area contributed by atoms with E-state index in [-0.39, 0.29) is 0 Å². The number of nitrogens with zero attached hydrogens (tertiary/aromatic N) is 6. The smallest absolute Gasteiger partial charge is 0.161 e. The van der Waals surface area contributed by atoms with Crippen molar-refractivity contribution in [3.8, 4) is 34.0 Å². The van der Waals surface area contributed by atoms with Crippen molar-refractivity contribution in [2.75, 3.05) is 0 Å². The van der Waals surface area contributed by atoms with Gasteiger partial charge in [0, 0.05) is 35.9 Å². The molecule has 6 aromatic heterocycles. The van der Waals surface area contributed by atoms with Crippen LogP contribution in [-0.2, 0) is 0 Å². The second-order valence-electron chi connectivity index (χ2n) is 6.53. The van der Waals surface area contributed by atoms with Crippen molar-refractivity contribution < 1.29 is 0 Å². The molecule has 0 radical (unpaired) electrons. The normalized spacial score (nSPS) is 11.4. The van der Waals surface area contributed by atoms with Crippen molar-refractivity contribution in [3.05, 3.63) is 61.3 Å². The number of aromatic nitrogens is 9. The molecule has 9 heteroatoms. The standard InChI is InChI=1S/C20H13N9/c1-2-15-18(25-13(1)12-9-23-24-10-12)19(29-28-15)20-26-14-5-8-22-16(17(14)27-20)11-3-6-21-7-4-11/h1-10H,(H,23,24)(H,26,27)(H,28,29). The lowest BCUT2D eigenvalue weighted by Gasteiger charge is -2.00. The highest BCUT2D eigenvalue weighted by atomic mass is 15.2. The topological polar surface area (TPSA) is 125 Å². The van der Waals surface area contributed by atoms with Gasteiger partial charge in [-0.2, -0.15) is 10.2 Å². The maximum atomic E-state index is 4.79. The summed E-state index contributed by atoms with van der Waals surface area (Å²) < 4.78 is 0. The lowest BCUT2D eigenvalue weighted by Crippen LogP contribution is -1.87. The molecule has 0 bridgehead atoms. The van der Waals surface area contributed by atoms with E-state index in [1.54, 1.807) is 24.8 Å². The number of aromatic amines is 3. The Balaban J connectivity index is 1.54. The quantitative estimate of drug-likeness (QED) is 0.433. The molecule has 6 rings (SSSR count). The van der Waals surface area contributed by atoms with E-state index in [0.29, 0.717) is 11.5 Å². The van der Waals surface area contributed by atoms with E-state index < -0.39 is 0 Å². The second kappa shape index (κ2) is 6.06. The predicted molar refractivity (Wildman–Crippen MR) is 108 cm³/mol. The first-order valence-electron chi connectivity index (χ1n) is 8.96. The Morgan fingerprint density at radius 2 is 1.66 bits per heavy atom. The van der Waals surface area contributed by atoms with E-state index >= 15 is 0 Å². The summed E-state index contributed by atoms with van der Waals surface area (Å²) >= 11 is 0. The molecule has 3 N–H and O–H groups in total.